The van der Waals surface area contributed by atoms with E-state index in [2.05, 4.69) is 25.9 Å². The number of carbonyl (C=O) groups is 2. The maximum Gasteiger partial charge on any atom is 0.323 e. The largest absolute Gasteiger partial charge is 0.323 e. The van der Waals surface area contributed by atoms with Crippen molar-refractivity contribution in [3.8, 4) is 11.3 Å². The van der Waals surface area contributed by atoms with E-state index in [1.807, 2.05) is 12.1 Å². The molecule has 0 aliphatic carbocycles. The van der Waals surface area contributed by atoms with Gasteiger partial charge in [0.25, 0.3) is 5.91 Å². The van der Waals surface area contributed by atoms with Crippen molar-refractivity contribution in [3.05, 3.63) is 109 Å². The van der Waals surface area contributed by atoms with Crippen LogP contribution in [0.3, 0.4) is 0 Å². The maximum atomic E-state index is 13.8. The number of carbonyl (C=O) groups excluding carboxylic acids is 2. The predicted octanol–water partition coefficient (Wildman–Crippen LogP) is 5.57. The molecule has 0 bridgehead atoms. The first-order valence-electron chi connectivity index (χ1n) is 10.8. The second-order valence-corrected chi connectivity index (χ2v) is 7.72. The van der Waals surface area contributed by atoms with Crippen LogP contribution in [0.4, 0.5) is 30.8 Å². The number of benzene rings is 3. The third kappa shape index (κ3) is 4.73. The molecule has 2 aromatic heterocycles. The Morgan fingerprint density at radius 2 is 1.67 bits per heavy atom. The summed E-state index contributed by atoms with van der Waals surface area (Å²) < 4.78 is 28.7. The first-order valence-corrected chi connectivity index (χ1v) is 10.8. The topological polar surface area (TPSA) is 100 Å². The Labute approximate surface area is 203 Å². The van der Waals surface area contributed by atoms with Crippen LogP contribution in [0.25, 0.3) is 16.9 Å². The fraction of sp³-hybridized carbons (Fsp3) is 0. The van der Waals surface area contributed by atoms with Crippen LogP contribution in [0.5, 0.6) is 0 Å². The van der Waals surface area contributed by atoms with Crippen LogP contribution in [-0.4, -0.2) is 26.3 Å². The van der Waals surface area contributed by atoms with Gasteiger partial charge in [-0.05, 0) is 36.4 Å². The van der Waals surface area contributed by atoms with Crippen LogP contribution in [-0.2, 0) is 0 Å². The molecule has 3 N–H and O–H groups in total. The number of aromatic nitrogens is 3. The minimum absolute atomic E-state index is 0.149. The van der Waals surface area contributed by atoms with Crippen LogP contribution in [0.1, 0.15) is 10.4 Å². The van der Waals surface area contributed by atoms with Crippen LogP contribution in [0.2, 0.25) is 0 Å². The molecule has 0 radical (unpaired) electrons. The second-order valence-electron chi connectivity index (χ2n) is 7.72. The molecule has 36 heavy (non-hydrogen) atoms. The fourth-order valence-corrected chi connectivity index (χ4v) is 3.62. The van der Waals surface area contributed by atoms with E-state index in [4.69, 9.17) is 0 Å². The summed E-state index contributed by atoms with van der Waals surface area (Å²) >= 11 is 0. The van der Waals surface area contributed by atoms with Gasteiger partial charge >= 0.3 is 6.03 Å². The molecule has 0 atom stereocenters. The van der Waals surface area contributed by atoms with Crippen LogP contribution >= 0.6 is 0 Å². The molecule has 0 spiro atoms. The van der Waals surface area contributed by atoms with Gasteiger partial charge in [-0.15, -0.1) is 0 Å². The van der Waals surface area contributed by atoms with Crippen molar-refractivity contribution >= 4 is 34.8 Å². The number of fused-ring (bicyclic) bond motifs is 1. The molecule has 0 saturated carbocycles. The first kappa shape index (κ1) is 22.7. The highest BCUT2D eigenvalue weighted by molar-refractivity contribution is 6.05. The van der Waals surface area contributed by atoms with Gasteiger partial charge in [0.05, 0.1) is 17.6 Å². The zero-order chi connectivity index (χ0) is 25.1. The molecule has 2 heterocycles. The number of nitrogens with zero attached hydrogens (tertiary/aromatic N) is 3. The molecule has 0 saturated heterocycles. The Kier molecular flexibility index (Phi) is 6.06. The summed E-state index contributed by atoms with van der Waals surface area (Å²) in [5.74, 6) is -1.63. The Hall–Kier alpha value is -5.12. The normalized spacial score (nSPS) is 10.7. The lowest BCUT2D eigenvalue weighted by atomic mass is 10.1. The van der Waals surface area contributed by atoms with Gasteiger partial charge in [-0.25, -0.2) is 23.5 Å². The van der Waals surface area contributed by atoms with Gasteiger partial charge in [0.15, 0.2) is 11.5 Å². The number of urea groups is 1. The highest BCUT2D eigenvalue weighted by Crippen LogP contribution is 2.26. The molecule has 5 rings (SSSR count). The van der Waals surface area contributed by atoms with Crippen molar-refractivity contribution in [1.82, 2.24) is 14.4 Å². The van der Waals surface area contributed by atoms with E-state index in [0.717, 1.165) is 17.7 Å². The van der Waals surface area contributed by atoms with Crippen molar-refractivity contribution in [2.24, 2.45) is 0 Å². The van der Waals surface area contributed by atoms with Gasteiger partial charge in [0, 0.05) is 35.3 Å². The summed E-state index contributed by atoms with van der Waals surface area (Å²) in [6.45, 7) is 0. The van der Waals surface area contributed by atoms with E-state index in [1.165, 1.54) is 0 Å². The number of nitrogens with one attached hydrogen (secondary N) is 3. The fourth-order valence-electron chi connectivity index (χ4n) is 3.62. The number of imidazole rings is 1. The average molecular weight is 484 g/mol. The van der Waals surface area contributed by atoms with Crippen molar-refractivity contribution in [3.63, 3.8) is 0 Å². The summed E-state index contributed by atoms with van der Waals surface area (Å²) in [5.41, 5.74) is 2.64. The lowest BCUT2D eigenvalue weighted by Crippen LogP contribution is -2.20. The smallest absolute Gasteiger partial charge is 0.308 e. The lowest BCUT2D eigenvalue weighted by Gasteiger charge is -2.10. The van der Waals surface area contributed by atoms with E-state index >= 15 is 0 Å². The molecular formula is C26H18F2N6O2. The highest BCUT2D eigenvalue weighted by Gasteiger charge is 2.14. The molecular weight excluding hydrogens is 466 g/mol. The van der Waals surface area contributed by atoms with Crippen molar-refractivity contribution in [1.29, 1.82) is 0 Å². The van der Waals surface area contributed by atoms with Gasteiger partial charge < -0.3 is 16.0 Å². The van der Waals surface area contributed by atoms with E-state index in [9.17, 15) is 18.4 Å². The van der Waals surface area contributed by atoms with Crippen molar-refractivity contribution in [2.75, 3.05) is 16.0 Å². The van der Waals surface area contributed by atoms with E-state index in [-0.39, 0.29) is 11.6 Å². The van der Waals surface area contributed by atoms with Crippen molar-refractivity contribution < 1.29 is 18.4 Å². The Bertz CT molecular complexity index is 1590. The van der Waals surface area contributed by atoms with Gasteiger partial charge in [-0.1, -0.05) is 30.3 Å². The molecule has 0 aliphatic rings. The molecule has 0 fully saturated rings. The van der Waals surface area contributed by atoms with E-state index in [0.29, 0.717) is 34.5 Å². The Morgan fingerprint density at radius 1 is 0.833 bits per heavy atom. The van der Waals surface area contributed by atoms with Crippen LogP contribution in [0.15, 0.2) is 91.4 Å². The van der Waals surface area contributed by atoms with Gasteiger partial charge in [-0.3, -0.25) is 9.20 Å². The number of rotatable bonds is 5. The summed E-state index contributed by atoms with van der Waals surface area (Å²) in [5, 5.41) is 7.76. The van der Waals surface area contributed by atoms with Gasteiger partial charge in [-0.2, -0.15) is 0 Å². The van der Waals surface area contributed by atoms with E-state index < -0.39 is 17.7 Å². The first-order chi connectivity index (χ1) is 17.5. The molecule has 0 unspecified atom stereocenters. The second kappa shape index (κ2) is 9.63. The minimum atomic E-state index is -0.881. The third-order valence-electron chi connectivity index (χ3n) is 5.29. The van der Waals surface area contributed by atoms with Gasteiger partial charge in [0.1, 0.15) is 11.6 Å². The molecule has 3 amide bonds. The van der Waals surface area contributed by atoms with Crippen LogP contribution < -0.4 is 16.0 Å². The molecule has 8 nitrogen and oxygen atoms in total. The molecule has 178 valence electrons. The molecule has 0 aliphatic heterocycles. The van der Waals surface area contributed by atoms with E-state index in [1.54, 1.807) is 65.5 Å². The standard InChI is InChI=1S/C26H18F2N6O2/c27-18-9-10-21(20(28)14-18)32-26(36)31-19-8-4-7-17(13-19)22-15-30-24-23(29-11-12-34(22)24)33-25(35)16-5-2-1-3-6-16/h1-15H,(H,29,33,35)(H2,31,32,36). The third-order valence-corrected chi connectivity index (χ3v) is 5.29. The number of anilines is 3. The Morgan fingerprint density at radius 3 is 2.47 bits per heavy atom. The predicted molar refractivity (Wildman–Crippen MR) is 132 cm³/mol. The average Bonchev–Trinajstić information content (AvgIpc) is 3.32. The SMILES string of the molecule is O=C(Nc1cccc(-c2cnc3c(NC(=O)c4ccccc4)nccn23)c1)Nc1ccc(F)cc1F. The monoisotopic (exact) mass is 484 g/mol. The molecule has 10 heteroatoms. The summed E-state index contributed by atoms with van der Waals surface area (Å²) in [7, 11) is 0. The highest BCUT2D eigenvalue weighted by atomic mass is 19.1. The molecule has 3 aromatic carbocycles. The minimum Gasteiger partial charge on any atom is -0.308 e. The van der Waals surface area contributed by atoms with Crippen LogP contribution in [0, 0.1) is 11.6 Å². The number of hydrogen-bond acceptors (Lipinski definition) is 4. The van der Waals surface area contributed by atoms with Crippen molar-refractivity contribution in [2.45, 2.75) is 0 Å². The number of halogens is 2. The maximum absolute atomic E-state index is 13.8. The molecule has 5 aromatic rings. The number of amides is 3. The summed E-state index contributed by atoms with van der Waals surface area (Å²) in [4.78, 5) is 33.6. The zero-order valence-corrected chi connectivity index (χ0v) is 18.6. The summed E-state index contributed by atoms with van der Waals surface area (Å²) in [6, 6.07) is 17.9. The Balaban J connectivity index is 1.37. The lowest BCUT2D eigenvalue weighted by molar-refractivity contribution is 0.102. The van der Waals surface area contributed by atoms with Gasteiger partial charge in [0.2, 0.25) is 0 Å². The zero-order valence-electron chi connectivity index (χ0n) is 18.6. The quantitative estimate of drug-likeness (QED) is 0.304. The number of hydrogen-bond donors (Lipinski definition) is 3. The summed E-state index contributed by atoms with van der Waals surface area (Å²) in [6.07, 6.45) is 4.88.